The van der Waals surface area contributed by atoms with E-state index in [1.165, 1.54) is 12.3 Å². The van der Waals surface area contributed by atoms with Gasteiger partial charge in [0.05, 0.1) is 25.1 Å². The normalized spacial score (nSPS) is 10.1. The largest absolute Gasteiger partial charge is 0.466 e. The molecular weight excluding hydrogens is 260 g/mol. The van der Waals surface area contributed by atoms with E-state index < -0.39 is 5.97 Å². The summed E-state index contributed by atoms with van der Waals surface area (Å²) in [6.45, 7) is 2.50. The number of nitrogens with zero attached hydrogens (tertiary/aromatic N) is 1. The van der Waals surface area contributed by atoms with Crippen molar-refractivity contribution < 1.29 is 19.1 Å². The van der Waals surface area contributed by atoms with Crippen molar-refractivity contribution in [1.82, 2.24) is 4.98 Å². The van der Waals surface area contributed by atoms with Crippen molar-refractivity contribution >= 4 is 17.6 Å². The highest BCUT2D eigenvalue weighted by Gasteiger charge is 2.08. The standard InChI is InChI=1S/C14H20N2O4/c1-2-19-13(17)6-4-3-5-9-20-14(18)12-8-7-11(15)10-16-12/h7-8,10H,2-6,9,15H2,1H3. The first kappa shape index (κ1) is 15.9. The fraction of sp³-hybridized carbons (Fsp3) is 0.500. The molecule has 0 unspecified atom stereocenters. The molecule has 0 spiro atoms. The summed E-state index contributed by atoms with van der Waals surface area (Å²) in [5, 5.41) is 0. The number of nitrogen functional groups attached to an aromatic ring is 1. The van der Waals surface area contributed by atoms with E-state index in [1.54, 1.807) is 13.0 Å². The minimum atomic E-state index is -0.463. The molecule has 1 heterocycles. The minimum absolute atomic E-state index is 0.185. The van der Waals surface area contributed by atoms with Gasteiger partial charge in [-0.1, -0.05) is 0 Å². The van der Waals surface area contributed by atoms with Gasteiger partial charge in [0.2, 0.25) is 0 Å². The van der Waals surface area contributed by atoms with Crippen molar-refractivity contribution in [2.24, 2.45) is 0 Å². The molecule has 6 heteroatoms. The van der Waals surface area contributed by atoms with Crippen LogP contribution in [0.2, 0.25) is 0 Å². The molecule has 20 heavy (non-hydrogen) atoms. The Morgan fingerprint density at radius 3 is 2.65 bits per heavy atom. The maximum Gasteiger partial charge on any atom is 0.356 e. The Balaban J connectivity index is 2.10. The summed E-state index contributed by atoms with van der Waals surface area (Å²) >= 11 is 0. The zero-order chi connectivity index (χ0) is 14.8. The molecule has 1 aromatic heterocycles. The van der Waals surface area contributed by atoms with Crippen molar-refractivity contribution in [2.45, 2.75) is 32.6 Å². The quantitative estimate of drug-likeness (QED) is 0.578. The van der Waals surface area contributed by atoms with E-state index in [9.17, 15) is 9.59 Å². The van der Waals surface area contributed by atoms with Crippen LogP contribution < -0.4 is 5.73 Å². The van der Waals surface area contributed by atoms with E-state index >= 15 is 0 Å². The third-order valence-electron chi connectivity index (χ3n) is 2.56. The molecule has 0 saturated carbocycles. The van der Waals surface area contributed by atoms with Gasteiger partial charge in [-0.2, -0.15) is 0 Å². The molecule has 0 atom stereocenters. The summed E-state index contributed by atoms with van der Waals surface area (Å²) in [6.07, 6.45) is 4.06. The lowest BCUT2D eigenvalue weighted by atomic mass is 10.2. The fourth-order valence-corrected chi connectivity index (χ4v) is 1.55. The number of aromatic nitrogens is 1. The summed E-state index contributed by atoms with van der Waals surface area (Å²) in [5.74, 6) is -0.647. The molecule has 110 valence electrons. The lowest BCUT2D eigenvalue weighted by Crippen LogP contribution is -2.09. The number of ether oxygens (including phenoxy) is 2. The predicted octanol–water partition coefficient (Wildman–Crippen LogP) is 1.94. The first-order chi connectivity index (χ1) is 9.63. The van der Waals surface area contributed by atoms with Crippen LogP contribution in [0, 0.1) is 0 Å². The van der Waals surface area contributed by atoms with Crippen molar-refractivity contribution in [3.8, 4) is 0 Å². The van der Waals surface area contributed by atoms with Crippen LogP contribution in [0.25, 0.3) is 0 Å². The Labute approximate surface area is 118 Å². The summed E-state index contributed by atoms with van der Waals surface area (Å²) in [5.41, 5.74) is 6.22. The van der Waals surface area contributed by atoms with Gasteiger partial charge >= 0.3 is 11.9 Å². The van der Waals surface area contributed by atoms with E-state index in [-0.39, 0.29) is 11.7 Å². The second-order valence-electron chi connectivity index (χ2n) is 4.23. The Morgan fingerprint density at radius 1 is 1.20 bits per heavy atom. The number of esters is 2. The summed E-state index contributed by atoms with van der Waals surface area (Å²) in [6, 6.07) is 3.13. The SMILES string of the molecule is CCOC(=O)CCCCCOC(=O)c1ccc(N)cn1. The third kappa shape index (κ3) is 6.17. The minimum Gasteiger partial charge on any atom is -0.466 e. The predicted molar refractivity (Wildman–Crippen MR) is 74.0 cm³/mol. The van der Waals surface area contributed by atoms with Gasteiger partial charge in [0.25, 0.3) is 0 Å². The maximum absolute atomic E-state index is 11.6. The highest BCUT2D eigenvalue weighted by Crippen LogP contribution is 2.05. The van der Waals surface area contributed by atoms with Crippen LogP contribution in [0.5, 0.6) is 0 Å². The van der Waals surface area contributed by atoms with Crippen LogP contribution in [0.1, 0.15) is 43.1 Å². The van der Waals surface area contributed by atoms with Crippen LogP contribution in [0.15, 0.2) is 18.3 Å². The number of anilines is 1. The zero-order valence-electron chi connectivity index (χ0n) is 11.6. The van der Waals surface area contributed by atoms with Gasteiger partial charge in [-0.25, -0.2) is 9.78 Å². The van der Waals surface area contributed by atoms with Crippen LogP contribution >= 0.6 is 0 Å². The summed E-state index contributed by atoms with van der Waals surface area (Å²) in [4.78, 5) is 26.5. The molecule has 0 aliphatic carbocycles. The Morgan fingerprint density at radius 2 is 2.00 bits per heavy atom. The Hall–Kier alpha value is -2.11. The monoisotopic (exact) mass is 280 g/mol. The number of rotatable bonds is 8. The molecule has 0 bridgehead atoms. The van der Waals surface area contributed by atoms with Crippen molar-refractivity contribution in [2.75, 3.05) is 18.9 Å². The number of carbonyl (C=O) groups is 2. The summed E-state index contributed by atoms with van der Waals surface area (Å²) < 4.78 is 9.88. The average molecular weight is 280 g/mol. The van der Waals surface area contributed by atoms with Gasteiger partial charge in [0, 0.05) is 6.42 Å². The molecule has 2 N–H and O–H groups in total. The number of nitrogens with two attached hydrogens (primary N) is 1. The first-order valence-electron chi connectivity index (χ1n) is 6.67. The molecule has 0 aliphatic heterocycles. The lowest BCUT2D eigenvalue weighted by Gasteiger charge is -2.04. The molecule has 0 aliphatic rings. The molecule has 0 saturated heterocycles. The molecule has 0 aromatic carbocycles. The van der Waals surface area contributed by atoms with E-state index in [1.807, 2.05) is 0 Å². The number of pyridine rings is 1. The zero-order valence-corrected chi connectivity index (χ0v) is 11.6. The number of hydrogen-bond donors (Lipinski definition) is 1. The van der Waals surface area contributed by atoms with Gasteiger partial charge in [0.1, 0.15) is 5.69 Å². The average Bonchev–Trinajstić information content (AvgIpc) is 2.43. The molecular formula is C14H20N2O4. The number of carbonyl (C=O) groups excluding carboxylic acids is 2. The van der Waals surface area contributed by atoms with Crippen molar-refractivity contribution in [3.05, 3.63) is 24.0 Å². The smallest absolute Gasteiger partial charge is 0.356 e. The first-order valence-corrected chi connectivity index (χ1v) is 6.67. The van der Waals surface area contributed by atoms with Crippen LogP contribution in [0.4, 0.5) is 5.69 Å². The lowest BCUT2D eigenvalue weighted by molar-refractivity contribution is -0.143. The molecule has 0 radical (unpaired) electrons. The molecule has 0 fully saturated rings. The van der Waals surface area contributed by atoms with E-state index in [4.69, 9.17) is 15.2 Å². The summed E-state index contributed by atoms with van der Waals surface area (Å²) in [7, 11) is 0. The van der Waals surface area contributed by atoms with Crippen LogP contribution in [-0.4, -0.2) is 30.1 Å². The molecule has 0 amide bonds. The fourth-order valence-electron chi connectivity index (χ4n) is 1.55. The highest BCUT2D eigenvalue weighted by molar-refractivity contribution is 5.87. The van der Waals surface area contributed by atoms with E-state index in [0.717, 1.165) is 12.8 Å². The highest BCUT2D eigenvalue weighted by atomic mass is 16.5. The van der Waals surface area contributed by atoms with Crippen molar-refractivity contribution in [1.29, 1.82) is 0 Å². The maximum atomic E-state index is 11.6. The molecule has 1 rings (SSSR count). The van der Waals surface area contributed by atoms with Gasteiger partial charge in [-0.05, 0) is 38.3 Å². The van der Waals surface area contributed by atoms with E-state index in [0.29, 0.717) is 31.7 Å². The third-order valence-corrected chi connectivity index (χ3v) is 2.56. The van der Waals surface area contributed by atoms with Gasteiger partial charge in [-0.3, -0.25) is 4.79 Å². The van der Waals surface area contributed by atoms with Gasteiger partial charge in [-0.15, -0.1) is 0 Å². The second kappa shape index (κ2) is 8.90. The van der Waals surface area contributed by atoms with Gasteiger partial charge in [0.15, 0.2) is 0 Å². The topological polar surface area (TPSA) is 91.5 Å². The number of unbranched alkanes of at least 4 members (excludes halogenated alkanes) is 2. The van der Waals surface area contributed by atoms with Crippen LogP contribution in [-0.2, 0) is 14.3 Å². The van der Waals surface area contributed by atoms with Gasteiger partial charge < -0.3 is 15.2 Å². The molecule has 6 nitrogen and oxygen atoms in total. The second-order valence-corrected chi connectivity index (χ2v) is 4.23. The number of hydrogen-bond acceptors (Lipinski definition) is 6. The molecule has 1 aromatic rings. The van der Waals surface area contributed by atoms with Crippen molar-refractivity contribution in [3.63, 3.8) is 0 Å². The Bertz CT molecular complexity index is 431. The Kier molecular flexibility index (Phi) is 7.10. The van der Waals surface area contributed by atoms with E-state index in [2.05, 4.69) is 4.98 Å². The van der Waals surface area contributed by atoms with Crippen LogP contribution in [0.3, 0.4) is 0 Å².